The molecule has 0 radical (unpaired) electrons. The van der Waals surface area contributed by atoms with Crippen molar-refractivity contribution >= 4 is 6.03 Å². The summed E-state index contributed by atoms with van der Waals surface area (Å²) in [4.78, 5) is 12.5. The highest BCUT2D eigenvalue weighted by molar-refractivity contribution is 5.77. The molecule has 1 saturated heterocycles. The molecule has 1 N–H and O–H groups in total. The molecule has 0 aromatic heterocycles. The van der Waals surface area contributed by atoms with Crippen molar-refractivity contribution in [3.8, 4) is 0 Å². The molecule has 2 amide bonds. The van der Waals surface area contributed by atoms with Crippen LogP contribution < -0.4 is 5.32 Å². The Bertz CT molecular complexity index is 143. The van der Waals surface area contributed by atoms with Crippen LogP contribution in [0.4, 0.5) is 4.79 Å². The number of carbonyl (C=O) groups excluding carboxylic acids is 1. The van der Waals surface area contributed by atoms with Gasteiger partial charge in [0.05, 0.1) is 5.54 Å². The van der Waals surface area contributed by atoms with Crippen LogP contribution in [0.1, 0.15) is 27.7 Å². The number of amides is 2. The molecule has 1 fully saturated rings. The normalized spacial score (nSPS) is 20.5. The van der Waals surface area contributed by atoms with Gasteiger partial charge >= 0.3 is 6.03 Å². The maximum absolute atomic E-state index is 10.8. The highest BCUT2D eigenvalue weighted by Crippen LogP contribution is 2.11. The molecule has 66 valence electrons. The van der Waals surface area contributed by atoms with Crippen molar-refractivity contribution in [3.63, 3.8) is 0 Å². The second-order valence-corrected chi connectivity index (χ2v) is 3.17. The summed E-state index contributed by atoms with van der Waals surface area (Å²) >= 11 is 0. The van der Waals surface area contributed by atoms with Crippen LogP contribution in [0.2, 0.25) is 0 Å². The molecule has 3 nitrogen and oxygen atoms in total. The van der Waals surface area contributed by atoms with Gasteiger partial charge in [-0.05, 0) is 13.8 Å². The van der Waals surface area contributed by atoms with E-state index < -0.39 is 0 Å². The summed E-state index contributed by atoms with van der Waals surface area (Å²) in [5, 5.41) is 2.83. The second-order valence-electron chi connectivity index (χ2n) is 3.17. The molecule has 1 aliphatic rings. The highest BCUT2D eigenvalue weighted by Gasteiger charge is 2.31. The van der Waals surface area contributed by atoms with E-state index in [-0.39, 0.29) is 11.6 Å². The predicted octanol–water partition coefficient (Wildman–Crippen LogP) is 1.45. The first-order valence-electron chi connectivity index (χ1n) is 4.04. The molecule has 0 unspecified atom stereocenters. The van der Waals surface area contributed by atoms with Crippen molar-refractivity contribution in [2.24, 2.45) is 0 Å². The van der Waals surface area contributed by atoms with Crippen LogP contribution in [0.5, 0.6) is 0 Å². The third-order valence-corrected chi connectivity index (χ3v) is 1.42. The summed E-state index contributed by atoms with van der Waals surface area (Å²) in [7, 11) is 1.80. The van der Waals surface area contributed by atoms with Gasteiger partial charge in [-0.2, -0.15) is 0 Å². The molecule has 0 aromatic rings. The lowest BCUT2D eigenvalue weighted by molar-refractivity contribution is 0.226. The fourth-order valence-electron chi connectivity index (χ4n) is 1.09. The van der Waals surface area contributed by atoms with Gasteiger partial charge in [0.15, 0.2) is 0 Å². The Morgan fingerprint density at radius 3 is 2.00 bits per heavy atom. The van der Waals surface area contributed by atoms with Gasteiger partial charge in [0, 0.05) is 13.6 Å². The van der Waals surface area contributed by atoms with Crippen molar-refractivity contribution in [1.82, 2.24) is 10.2 Å². The first-order chi connectivity index (χ1) is 5.01. The van der Waals surface area contributed by atoms with Gasteiger partial charge in [0.1, 0.15) is 0 Å². The van der Waals surface area contributed by atoms with Crippen molar-refractivity contribution < 1.29 is 4.79 Å². The van der Waals surface area contributed by atoms with Gasteiger partial charge in [-0.3, -0.25) is 0 Å². The van der Waals surface area contributed by atoms with Gasteiger partial charge in [-0.1, -0.05) is 13.8 Å². The lowest BCUT2D eigenvalue weighted by Gasteiger charge is -2.14. The van der Waals surface area contributed by atoms with Crippen LogP contribution in [-0.2, 0) is 0 Å². The summed E-state index contributed by atoms with van der Waals surface area (Å²) < 4.78 is 0. The zero-order chi connectivity index (χ0) is 9.07. The molecular formula is C8H18N2O. The summed E-state index contributed by atoms with van der Waals surface area (Å²) in [6.45, 7) is 8.81. The molecular weight excluding hydrogens is 140 g/mol. The van der Waals surface area contributed by atoms with Gasteiger partial charge in [-0.25, -0.2) is 4.79 Å². The highest BCUT2D eigenvalue weighted by atomic mass is 16.2. The number of likely N-dealkylation sites (N-methyl/N-ethyl adjacent to an activating group) is 1. The van der Waals surface area contributed by atoms with Crippen molar-refractivity contribution in [2.45, 2.75) is 33.2 Å². The molecule has 0 spiro atoms. The van der Waals surface area contributed by atoms with Gasteiger partial charge in [0.2, 0.25) is 0 Å². The fraction of sp³-hybridized carbons (Fsp3) is 0.875. The first kappa shape index (κ1) is 10.3. The van der Waals surface area contributed by atoms with Gasteiger partial charge in [-0.15, -0.1) is 0 Å². The Morgan fingerprint density at radius 2 is 1.91 bits per heavy atom. The van der Waals surface area contributed by atoms with Crippen LogP contribution in [0.25, 0.3) is 0 Å². The number of hydrogen-bond acceptors (Lipinski definition) is 1. The van der Waals surface area contributed by atoms with E-state index in [4.69, 9.17) is 0 Å². The first-order valence-corrected chi connectivity index (χ1v) is 4.04. The minimum Gasteiger partial charge on any atom is -0.331 e. The molecule has 1 rings (SSSR count). The average molecular weight is 158 g/mol. The van der Waals surface area contributed by atoms with E-state index in [1.165, 1.54) is 0 Å². The van der Waals surface area contributed by atoms with E-state index in [2.05, 4.69) is 5.32 Å². The standard InChI is InChI=1S/C6H12N2O.C2H6/c1-6(2)4-8(3)5(9)7-6;1-2/h4H2,1-3H3,(H,7,9);1-2H3. The minimum atomic E-state index is -0.0359. The SMILES string of the molecule is CC.CN1CC(C)(C)NC1=O. The quantitative estimate of drug-likeness (QED) is 0.568. The van der Waals surface area contributed by atoms with Crippen LogP contribution >= 0.6 is 0 Å². The summed E-state index contributed by atoms with van der Waals surface area (Å²) in [5.74, 6) is 0. The lowest BCUT2D eigenvalue weighted by atomic mass is 10.1. The Balaban J connectivity index is 0.000000461. The molecule has 3 heteroatoms. The van der Waals surface area contributed by atoms with E-state index in [1.807, 2.05) is 27.7 Å². The molecule has 0 aromatic carbocycles. The number of rotatable bonds is 0. The van der Waals surface area contributed by atoms with E-state index >= 15 is 0 Å². The number of nitrogens with zero attached hydrogens (tertiary/aromatic N) is 1. The maximum atomic E-state index is 10.8. The van der Waals surface area contributed by atoms with E-state index in [9.17, 15) is 4.79 Å². The zero-order valence-electron chi connectivity index (χ0n) is 8.06. The molecule has 0 bridgehead atoms. The van der Waals surface area contributed by atoms with E-state index in [0.717, 1.165) is 6.54 Å². The monoisotopic (exact) mass is 158 g/mol. The Labute approximate surface area is 68.8 Å². The maximum Gasteiger partial charge on any atom is 0.317 e. The van der Waals surface area contributed by atoms with Crippen molar-refractivity contribution in [2.75, 3.05) is 13.6 Å². The molecule has 11 heavy (non-hydrogen) atoms. The predicted molar refractivity (Wildman–Crippen MR) is 46.6 cm³/mol. The van der Waals surface area contributed by atoms with Gasteiger partial charge < -0.3 is 10.2 Å². The van der Waals surface area contributed by atoms with Crippen molar-refractivity contribution in [3.05, 3.63) is 0 Å². The third-order valence-electron chi connectivity index (χ3n) is 1.42. The van der Waals surface area contributed by atoms with Crippen LogP contribution in [0, 0.1) is 0 Å². The van der Waals surface area contributed by atoms with Gasteiger partial charge in [0.25, 0.3) is 0 Å². The summed E-state index contributed by atoms with van der Waals surface area (Å²) in [6, 6.07) is 0.0278. The lowest BCUT2D eigenvalue weighted by Crippen LogP contribution is -2.36. The Kier molecular flexibility index (Phi) is 3.36. The minimum absolute atomic E-state index is 0.0278. The number of urea groups is 1. The van der Waals surface area contributed by atoms with Crippen molar-refractivity contribution in [1.29, 1.82) is 0 Å². The number of hydrogen-bond donors (Lipinski definition) is 1. The third kappa shape index (κ3) is 2.78. The fourth-order valence-corrected chi connectivity index (χ4v) is 1.09. The Morgan fingerprint density at radius 1 is 1.45 bits per heavy atom. The average Bonchev–Trinajstić information content (AvgIpc) is 2.10. The van der Waals surface area contributed by atoms with Crippen LogP contribution in [0.15, 0.2) is 0 Å². The molecule has 1 aliphatic heterocycles. The van der Waals surface area contributed by atoms with E-state index in [1.54, 1.807) is 11.9 Å². The van der Waals surface area contributed by atoms with E-state index in [0.29, 0.717) is 0 Å². The second kappa shape index (κ2) is 3.60. The summed E-state index contributed by atoms with van der Waals surface area (Å²) in [5.41, 5.74) is -0.0359. The zero-order valence-corrected chi connectivity index (χ0v) is 8.06. The largest absolute Gasteiger partial charge is 0.331 e. The van der Waals surface area contributed by atoms with Crippen LogP contribution in [0.3, 0.4) is 0 Å². The molecule has 1 heterocycles. The summed E-state index contributed by atoms with van der Waals surface area (Å²) in [6.07, 6.45) is 0. The molecule has 0 atom stereocenters. The number of carbonyl (C=O) groups is 1. The topological polar surface area (TPSA) is 32.3 Å². The Hall–Kier alpha value is -0.730. The smallest absolute Gasteiger partial charge is 0.317 e. The van der Waals surface area contributed by atoms with Crippen LogP contribution in [-0.4, -0.2) is 30.1 Å². The molecule has 0 saturated carbocycles. The number of nitrogens with one attached hydrogen (secondary N) is 1. The molecule has 0 aliphatic carbocycles.